The fourth-order valence-electron chi connectivity index (χ4n) is 1.23. The molecule has 0 aliphatic rings. The number of carbonyl (C=O) groups excluding carboxylic acids is 1. The molecular formula is C13H18BrFN2O. The molecule has 1 amide bonds. The second-order valence-corrected chi connectivity index (χ2v) is 6.27. The van der Waals surface area contributed by atoms with Crippen LogP contribution in [0.4, 0.5) is 10.1 Å². The molecule has 0 aliphatic carbocycles. The lowest BCUT2D eigenvalue weighted by Crippen LogP contribution is -2.41. The summed E-state index contributed by atoms with van der Waals surface area (Å²) >= 11 is 3.17. The molecule has 1 rings (SSSR count). The molecule has 1 aromatic carbocycles. The van der Waals surface area contributed by atoms with Gasteiger partial charge in [-0.15, -0.1) is 0 Å². The number of halogens is 2. The van der Waals surface area contributed by atoms with Crippen molar-refractivity contribution in [2.75, 3.05) is 5.73 Å². The van der Waals surface area contributed by atoms with Gasteiger partial charge in [0.25, 0.3) is 5.91 Å². The van der Waals surface area contributed by atoms with E-state index in [1.807, 2.05) is 27.7 Å². The minimum Gasteiger partial charge on any atom is -0.396 e. The van der Waals surface area contributed by atoms with E-state index in [0.717, 1.165) is 0 Å². The monoisotopic (exact) mass is 316 g/mol. The van der Waals surface area contributed by atoms with Crippen LogP contribution >= 0.6 is 15.9 Å². The van der Waals surface area contributed by atoms with E-state index in [9.17, 15) is 9.18 Å². The van der Waals surface area contributed by atoms with Gasteiger partial charge in [-0.1, -0.05) is 20.8 Å². The van der Waals surface area contributed by atoms with Crippen molar-refractivity contribution >= 4 is 27.5 Å². The zero-order chi connectivity index (χ0) is 14.1. The van der Waals surface area contributed by atoms with Gasteiger partial charge in [0.2, 0.25) is 0 Å². The topological polar surface area (TPSA) is 55.1 Å². The molecule has 18 heavy (non-hydrogen) atoms. The van der Waals surface area contributed by atoms with E-state index in [4.69, 9.17) is 5.73 Å². The first-order chi connectivity index (χ1) is 8.12. The molecule has 0 bridgehead atoms. The lowest BCUT2D eigenvalue weighted by molar-refractivity contribution is 0.0909. The van der Waals surface area contributed by atoms with Crippen LogP contribution in [0.3, 0.4) is 0 Å². The quantitative estimate of drug-likeness (QED) is 0.822. The highest BCUT2D eigenvalue weighted by molar-refractivity contribution is 9.10. The van der Waals surface area contributed by atoms with Gasteiger partial charge in [-0.05, 0) is 40.4 Å². The molecule has 100 valence electrons. The molecule has 0 aliphatic heterocycles. The average Bonchev–Trinajstić information content (AvgIpc) is 2.21. The average molecular weight is 317 g/mol. The third-order valence-electron chi connectivity index (χ3n) is 2.98. The van der Waals surface area contributed by atoms with Crippen molar-refractivity contribution in [2.45, 2.75) is 33.7 Å². The minimum atomic E-state index is -0.540. The van der Waals surface area contributed by atoms with Gasteiger partial charge in [0.15, 0.2) is 0 Å². The number of nitrogens with one attached hydrogen (secondary N) is 1. The number of rotatable bonds is 2. The van der Waals surface area contributed by atoms with E-state index >= 15 is 0 Å². The summed E-state index contributed by atoms with van der Waals surface area (Å²) in [7, 11) is 0. The van der Waals surface area contributed by atoms with Crippen LogP contribution < -0.4 is 11.1 Å². The molecule has 0 heterocycles. The van der Waals surface area contributed by atoms with Crippen LogP contribution in [-0.4, -0.2) is 11.9 Å². The summed E-state index contributed by atoms with van der Waals surface area (Å²) in [5, 5.41) is 2.88. The number of amides is 1. The summed E-state index contributed by atoms with van der Waals surface area (Å²) in [6.45, 7) is 8.03. The summed E-state index contributed by atoms with van der Waals surface area (Å²) in [5.74, 6) is -0.807. The third-order valence-corrected chi connectivity index (χ3v) is 3.63. The van der Waals surface area contributed by atoms with E-state index in [1.165, 1.54) is 12.1 Å². The first-order valence-electron chi connectivity index (χ1n) is 5.68. The molecule has 1 atom stereocenters. The number of hydrogen-bond donors (Lipinski definition) is 2. The van der Waals surface area contributed by atoms with Crippen molar-refractivity contribution in [3.63, 3.8) is 0 Å². The van der Waals surface area contributed by atoms with Crippen molar-refractivity contribution < 1.29 is 9.18 Å². The van der Waals surface area contributed by atoms with Crippen LogP contribution in [0.15, 0.2) is 16.6 Å². The Morgan fingerprint density at radius 1 is 1.44 bits per heavy atom. The van der Waals surface area contributed by atoms with Crippen molar-refractivity contribution in [3.8, 4) is 0 Å². The number of hydrogen-bond acceptors (Lipinski definition) is 2. The second-order valence-electron chi connectivity index (χ2n) is 5.41. The predicted molar refractivity (Wildman–Crippen MR) is 74.9 cm³/mol. The maximum Gasteiger partial charge on any atom is 0.252 e. The summed E-state index contributed by atoms with van der Waals surface area (Å²) in [4.78, 5) is 12.1. The maximum atomic E-state index is 13.2. The van der Waals surface area contributed by atoms with Gasteiger partial charge < -0.3 is 11.1 Å². The van der Waals surface area contributed by atoms with Crippen LogP contribution in [0.5, 0.6) is 0 Å². The minimum absolute atomic E-state index is 0.0109. The van der Waals surface area contributed by atoms with Gasteiger partial charge in [-0.3, -0.25) is 4.79 Å². The van der Waals surface area contributed by atoms with E-state index in [1.54, 1.807) is 0 Å². The number of nitrogen functional groups attached to an aromatic ring is 1. The Balaban J connectivity index is 2.95. The molecule has 3 N–H and O–H groups in total. The van der Waals surface area contributed by atoms with Gasteiger partial charge in [-0.2, -0.15) is 0 Å². The third kappa shape index (κ3) is 3.45. The summed E-state index contributed by atoms with van der Waals surface area (Å²) in [5.41, 5.74) is 5.72. The second kappa shape index (κ2) is 5.26. The maximum absolute atomic E-state index is 13.2. The zero-order valence-corrected chi connectivity index (χ0v) is 12.6. The van der Waals surface area contributed by atoms with Crippen molar-refractivity contribution in [3.05, 3.63) is 28.0 Å². The zero-order valence-electron chi connectivity index (χ0n) is 11.0. The Morgan fingerprint density at radius 3 is 2.50 bits per heavy atom. The van der Waals surface area contributed by atoms with Gasteiger partial charge in [0, 0.05) is 10.5 Å². The van der Waals surface area contributed by atoms with E-state index < -0.39 is 5.82 Å². The Hall–Kier alpha value is -1.10. The number of carbonyl (C=O) groups is 1. The molecule has 3 nitrogen and oxygen atoms in total. The van der Waals surface area contributed by atoms with Crippen LogP contribution in [0, 0.1) is 11.2 Å². The van der Waals surface area contributed by atoms with Gasteiger partial charge in [0.1, 0.15) is 5.82 Å². The van der Waals surface area contributed by atoms with Crippen LogP contribution in [0.25, 0.3) is 0 Å². The normalized spacial score (nSPS) is 13.2. The molecule has 1 unspecified atom stereocenters. The fourth-order valence-corrected chi connectivity index (χ4v) is 1.73. The smallest absolute Gasteiger partial charge is 0.252 e. The molecule has 0 radical (unpaired) electrons. The van der Waals surface area contributed by atoms with Gasteiger partial charge in [-0.25, -0.2) is 4.39 Å². The lowest BCUT2D eigenvalue weighted by atomic mass is 9.88. The lowest BCUT2D eigenvalue weighted by Gasteiger charge is -2.28. The number of nitrogens with two attached hydrogens (primary N) is 1. The van der Waals surface area contributed by atoms with E-state index in [-0.39, 0.29) is 23.1 Å². The fraction of sp³-hybridized carbons (Fsp3) is 0.462. The Bertz CT molecular complexity index is 469. The predicted octanol–water partition coefficient (Wildman–Crippen LogP) is 3.33. The van der Waals surface area contributed by atoms with Crippen LogP contribution in [0.2, 0.25) is 0 Å². The Labute approximate surface area is 115 Å². The molecular weight excluding hydrogens is 299 g/mol. The molecule has 1 aromatic rings. The summed E-state index contributed by atoms with van der Waals surface area (Å²) < 4.78 is 13.6. The van der Waals surface area contributed by atoms with E-state index in [2.05, 4.69) is 21.2 Å². The van der Waals surface area contributed by atoms with Crippen molar-refractivity contribution in [1.82, 2.24) is 5.32 Å². The Morgan fingerprint density at radius 2 is 2.00 bits per heavy atom. The first kappa shape index (κ1) is 15.0. The number of benzene rings is 1. The highest BCUT2D eigenvalue weighted by atomic mass is 79.9. The molecule has 5 heteroatoms. The molecule has 0 saturated heterocycles. The van der Waals surface area contributed by atoms with Crippen LogP contribution in [0.1, 0.15) is 38.1 Å². The Kier molecular flexibility index (Phi) is 4.37. The highest BCUT2D eigenvalue weighted by Crippen LogP contribution is 2.24. The van der Waals surface area contributed by atoms with Crippen LogP contribution in [-0.2, 0) is 0 Å². The molecule has 0 fully saturated rings. The van der Waals surface area contributed by atoms with Crippen molar-refractivity contribution in [2.24, 2.45) is 5.41 Å². The highest BCUT2D eigenvalue weighted by Gasteiger charge is 2.23. The first-order valence-corrected chi connectivity index (χ1v) is 6.47. The van der Waals surface area contributed by atoms with Gasteiger partial charge in [0.05, 0.1) is 11.3 Å². The summed E-state index contributed by atoms with van der Waals surface area (Å²) in [6.07, 6.45) is 0. The molecule has 0 aromatic heterocycles. The number of anilines is 1. The summed E-state index contributed by atoms with van der Waals surface area (Å²) in [6, 6.07) is 2.53. The molecule has 0 spiro atoms. The van der Waals surface area contributed by atoms with Gasteiger partial charge >= 0.3 is 0 Å². The van der Waals surface area contributed by atoms with Crippen molar-refractivity contribution in [1.29, 1.82) is 0 Å². The largest absolute Gasteiger partial charge is 0.396 e. The van der Waals surface area contributed by atoms with E-state index in [0.29, 0.717) is 10.0 Å². The molecule has 0 saturated carbocycles. The standard InChI is InChI=1S/C13H18BrFN2O/c1-7(13(2,3)4)17-12(18)8-5-11(16)10(15)6-9(8)14/h5-7H,16H2,1-4H3,(H,17,18). The SMILES string of the molecule is CC(NC(=O)c1cc(N)c(F)cc1Br)C(C)(C)C.